The molecule has 0 bridgehead atoms. The third-order valence-corrected chi connectivity index (χ3v) is 2.81. The van der Waals surface area contributed by atoms with Crippen LogP contribution in [0.2, 0.25) is 0 Å². The number of halogens is 1. The Hall–Kier alpha value is -1.28. The van der Waals surface area contributed by atoms with Crippen LogP contribution in [-0.4, -0.2) is 17.6 Å². The number of rotatable bonds is 2. The van der Waals surface area contributed by atoms with Crippen LogP contribution in [0.15, 0.2) is 10.7 Å². The molecule has 0 saturated carbocycles. The van der Waals surface area contributed by atoms with E-state index in [0.29, 0.717) is 15.9 Å². The maximum Gasteiger partial charge on any atom is 0.354 e. The van der Waals surface area contributed by atoms with Crippen molar-refractivity contribution >= 4 is 21.9 Å². The summed E-state index contributed by atoms with van der Waals surface area (Å²) in [7, 11) is 1.32. The van der Waals surface area contributed by atoms with Gasteiger partial charge in [-0.15, -0.1) is 0 Å². The van der Waals surface area contributed by atoms with Crippen molar-refractivity contribution in [3.8, 4) is 6.07 Å². The number of nitrogens with zero attached hydrogens (tertiary/aromatic N) is 2. The first kappa shape index (κ1) is 11.8. The summed E-state index contributed by atoms with van der Waals surface area (Å²) in [6.07, 6.45) is 0. The van der Waals surface area contributed by atoms with Gasteiger partial charge in [-0.05, 0) is 35.8 Å². The lowest BCUT2D eigenvalue weighted by Crippen LogP contribution is -2.12. The molecule has 0 fully saturated rings. The molecule has 0 aliphatic carbocycles. The number of hydrogen-bond donors (Lipinski definition) is 0. The number of carbonyl (C=O) groups is 1. The molecule has 1 rings (SSSR count). The van der Waals surface area contributed by atoms with Crippen molar-refractivity contribution in [3.05, 3.63) is 21.9 Å². The Morgan fingerprint density at radius 1 is 1.67 bits per heavy atom. The highest BCUT2D eigenvalue weighted by Crippen LogP contribution is 2.26. The minimum Gasteiger partial charge on any atom is -0.464 e. The standard InChI is InChI=1S/C10H11BrN2O2/c1-6(2)13-8(10(14)15-3)4-7(5-12)9(13)11/h4,6H,1-3H3. The lowest BCUT2D eigenvalue weighted by atomic mass is 10.3. The van der Waals surface area contributed by atoms with Crippen molar-refractivity contribution in [2.75, 3.05) is 7.11 Å². The van der Waals surface area contributed by atoms with Crippen molar-refractivity contribution < 1.29 is 9.53 Å². The van der Waals surface area contributed by atoms with Gasteiger partial charge in [0, 0.05) is 6.04 Å². The molecular formula is C10H11BrN2O2. The first-order valence-corrected chi connectivity index (χ1v) is 5.21. The van der Waals surface area contributed by atoms with Crippen molar-refractivity contribution in [1.82, 2.24) is 4.57 Å². The average molecular weight is 271 g/mol. The molecule has 0 N–H and O–H groups in total. The largest absolute Gasteiger partial charge is 0.464 e. The van der Waals surface area contributed by atoms with Crippen molar-refractivity contribution in [2.24, 2.45) is 0 Å². The van der Waals surface area contributed by atoms with Gasteiger partial charge in [0.1, 0.15) is 16.4 Å². The van der Waals surface area contributed by atoms with Gasteiger partial charge >= 0.3 is 5.97 Å². The van der Waals surface area contributed by atoms with Crippen molar-refractivity contribution in [3.63, 3.8) is 0 Å². The van der Waals surface area contributed by atoms with Crippen LogP contribution in [0.25, 0.3) is 0 Å². The molecule has 80 valence electrons. The van der Waals surface area contributed by atoms with Gasteiger partial charge in [-0.25, -0.2) is 4.79 Å². The number of hydrogen-bond acceptors (Lipinski definition) is 3. The fourth-order valence-corrected chi connectivity index (χ4v) is 2.15. The van der Waals surface area contributed by atoms with E-state index in [4.69, 9.17) is 5.26 Å². The topological polar surface area (TPSA) is 55.0 Å². The molecule has 0 aliphatic heterocycles. The number of esters is 1. The fourth-order valence-electron chi connectivity index (χ4n) is 1.35. The highest BCUT2D eigenvalue weighted by Gasteiger charge is 2.20. The van der Waals surface area contributed by atoms with Crippen LogP contribution in [0.1, 0.15) is 35.9 Å². The van der Waals surface area contributed by atoms with Crippen LogP contribution in [0.4, 0.5) is 0 Å². The van der Waals surface area contributed by atoms with E-state index >= 15 is 0 Å². The van der Waals surface area contributed by atoms with Gasteiger partial charge in [0.05, 0.1) is 12.7 Å². The van der Waals surface area contributed by atoms with Gasteiger partial charge in [-0.3, -0.25) is 0 Å². The molecule has 1 aromatic rings. The van der Waals surface area contributed by atoms with Gasteiger partial charge in [0.15, 0.2) is 0 Å². The molecule has 0 atom stereocenters. The molecule has 0 spiro atoms. The minimum atomic E-state index is -0.439. The molecule has 0 unspecified atom stereocenters. The summed E-state index contributed by atoms with van der Waals surface area (Å²) in [4.78, 5) is 11.4. The highest BCUT2D eigenvalue weighted by atomic mass is 79.9. The number of carbonyl (C=O) groups excluding carboxylic acids is 1. The molecular weight excluding hydrogens is 260 g/mol. The summed E-state index contributed by atoms with van der Waals surface area (Å²) in [6, 6.07) is 3.62. The van der Waals surface area contributed by atoms with Crippen LogP contribution >= 0.6 is 15.9 Å². The Bertz CT molecular complexity index is 429. The summed E-state index contributed by atoms with van der Waals surface area (Å²) in [5, 5.41) is 8.85. The van der Waals surface area contributed by atoms with Crippen LogP contribution < -0.4 is 0 Å². The zero-order valence-corrected chi connectivity index (χ0v) is 10.3. The molecule has 0 radical (unpaired) electrons. The second-order valence-electron chi connectivity index (χ2n) is 3.30. The Morgan fingerprint density at radius 3 is 2.67 bits per heavy atom. The Morgan fingerprint density at radius 2 is 2.27 bits per heavy atom. The smallest absolute Gasteiger partial charge is 0.354 e. The van der Waals surface area contributed by atoms with Gasteiger partial charge in [0.25, 0.3) is 0 Å². The maximum atomic E-state index is 11.4. The average Bonchev–Trinajstić information content (AvgIpc) is 2.54. The number of nitriles is 1. The molecule has 15 heavy (non-hydrogen) atoms. The molecule has 0 amide bonds. The van der Waals surface area contributed by atoms with E-state index in [2.05, 4.69) is 20.7 Å². The van der Waals surface area contributed by atoms with Crippen molar-refractivity contribution in [1.29, 1.82) is 5.26 Å². The van der Waals surface area contributed by atoms with E-state index in [-0.39, 0.29) is 6.04 Å². The quantitative estimate of drug-likeness (QED) is 0.776. The second-order valence-corrected chi connectivity index (χ2v) is 4.05. The molecule has 1 aromatic heterocycles. The number of methoxy groups -OCH3 is 1. The summed E-state index contributed by atoms with van der Waals surface area (Å²) in [6.45, 7) is 3.86. The Balaban J connectivity index is 3.39. The normalized spacial score (nSPS) is 10.1. The van der Waals surface area contributed by atoms with E-state index in [1.165, 1.54) is 13.2 Å². The lowest BCUT2D eigenvalue weighted by molar-refractivity contribution is 0.0586. The van der Waals surface area contributed by atoms with Crippen LogP contribution in [0.3, 0.4) is 0 Å². The summed E-state index contributed by atoms with van der Waals surface area (Å²) in [5.74, 6) is -0.439. The van der Waals surface area contributed by atoms with Gasteiger partial charge in [-0.1, -0.05) is 0 Å². The lowest BCUT2D eigenvalue weighted by Gasteiger charge is -2.12. The summed E-state index contributed by atoms with van der Waals surface area (Å²) >= 11 is 3.29. The third-order valence-electron chi connectivity index (χ3n) is 2.01. The second kappa shape index (κ2) is 4.49. The van der Waals surface area contributed by atoms with Crippen LogP contribution in [0, 0.1) is 11.3 Å². The monoisotopic (exact) mass is 270 g/mol. The molecule has 4 nitrogen and oxygen atoms in total. The zero-order valence-electron chi connectivity index (χ0n) is 8.74. The van der Waals surface area contributed by atoms with E-state index in [0.717, 1.165) is 0 Å². The zero-order chi connectivity index (χ0) is 11.6. The molecule has 5 heteroatoms. The van der Waals surface area contributed by atoms with Crippen LogP contribution in [0.5, 0.6) is 0 Å². The Labute approximate surface area is 96.6 Å². The molecule has 0 aliphatic rings. The maximum absolute atomic E-state index is 11.4. The highest BCUT2D eigenvalue weighted by molar-refractivity contribution is 9.10. The van der Waals surface area contributed by atoms with E-state index in [1.54, 1.807) is 4.57 Å². The minimum absolute atomic E-state index is 0.0792. The van der Waals surface area contributed by atoms with Gasteiger partial charge in [0.2, 0.25) is 0 Å². The molecule has 1 heterocycles. The molecule has 0 saturated heterocycles. The number of ether oxygens (including phenoxy) is 1. The van der Waals surface area contributed by atoms with Gasteiger partial charge in [-0.2, -0.15) is 5.26 Å². The van der Waals surface area contributed by atoms with Crippen LogP contribution in [-0.2, 0) is 4.74 Å². The van der Waals surface area contributed by atoms with E-state index in [9.17, 15) is 4.79 Å². The first-order valence-electron chi connectivity index (χ1n) is 4.42. The van der Waals surface area contributed by atoms with Crippen molar-refractivity contribution in [2.45, 2.75) is 19.9 Å². The molecule has 0 aromatic carbocycles. The summed E-state index contributed by atoms with van der Waals surface area (Å²) in [5.41, 5.74) is 0.819. The first-order chi connectivity index (χ1) is 7.02. The summed E-state index contributed by atoms with van der Waals surface area (Å²) < 4.78 is 6.99. The van der Waals surface area contributed by atoms with E-state index < -0.39 is 5.97 Å². The third kappa shape index (κ3) is 2.05. The Kier molecular flexibility index (Phi) is 3.53. The predicted octanol–water partition coefficient (Wildman–Crippen LogP) is 2.49. The van der Waals surface area contributed by atoms with Gasteiger partial charge < -0.3 is 9.30 Å². The number of aromatic nitrogens is 1. The SMILES string of the molecule is COC(=O)c1cc(C#N)c(Br)n1C(C)C. The predicted molar refractivity (Wildman–Crippen MR) is 58.6 cm³/mol. The van der Waals surface area contributed by atoms with E-state index in [1.807, 2.05) is 19.9 Å². The fraction of sp³-hybridized carbons (Fsp3) is 0.400.